The molecule has 1 aliphatic carbocycles. The Hall–Kier alpha value is -2.22. The van der Waals surface area contributed by atoms with Crippen LogP contribution >= 0.6 is 0 Å². The van der Waals surface area contributed by atoms with Gasteiger partial charge in [0.15, 0.2) is 9.84 Å². The van der Waals surface area contributed by atoms with Crippen LogP contribution in [0, 0.1) is 0 Å². The standard InChI is InChI=1S/C17H19N3O4S/c21-16(20(12-5-6-12)13-7-8-25(23,24)10-13)9-19-11-18-15-4-2-1-3-14(15)17(19)22/h1-4,11-13H,5-10H2/t13-/m1/s1. The molecule has 1 saturated heterocycles. The lowest BCUT2D eigenvalue weighted by molar-refractivity contribution is -0.134. The Bertz CT molecular complexity index is 994. The van der Waals surface area contributed by atoms with Gasteiger partial charge in [0, 0.05) is 12.1 Å². The quantitative estimate of drug-likeness (QED) is 0.794. The Morgan fingerprint density at radius 3 is 2.64 bits per heavy atom. The molecule has 132 valence electrons. The second-order valence-corrected chi connectivity index (χ2v) is 9.01. The number of carbonyl (C=O) groups excluding carboxylic acids is 1. The van der Waals surface area contributed by atoms with E-state index in [1.807, 2.05) is 0 Å². The first-order valence-electron chi connectivity index (χ1n) is 8.40. The van der Waals surface area contributed by atoms with Gasteiger partial charge in [0.25, 0.3) is 5.56 Å². The molecule has 4 rings (SSSR count). The minimum Gasteiger partial charge on any atom is -0.334 e. The van der Waals surface area contributed by atoms with Crippen molar-refractivity contribution in [3.63, 3.8) is 0 Å². The number of sulfone groups is 1. The summed E-state index contributed by atoms with van der Waals surface area (Å²) in [6.45, 7) is -0.107. The van der Waals surface area contributed by atoms with Crippen LogP contribution in [0.15, 0.2) is 35.4 Å². The lowest BCUT2D eigenvalue weighted by Crippen LogP contribution is -2.45. The van der Waals surface area contributed by atoms with Crippen molar-refractivity contribution in [3.05, 3.63) is 40.9 Å². The SMILES string of the molecule is O=C(Cn1cnc2ccccc2c1=O)N(C1CC1)[C@@H]1CCS(=O)(=O)C1. The van der Waals surface area contributed by atoms with Crippen LogP contribution in [0.5, 0.6) is 0 Å². The molecule has 0 N–H and O–H groups in total. The molecule has 1 amide bonds. The maximum absolute atomic E-state index is 12.8. The van der Waals surface area contributed by atoms with E-state index in [2.05, 4.69) is 4.98 Å². The summed E-state index contributed by atoms with van der Waals surface area (Å²) in [7, 11) is -3.06. The molecule has 1 aromatic heterocycles. The van der Waals surface area contributed by atoms with Crippen LogP contribution in [0.25, 0.3) is 10.9 Å². The molecule has 25 heavy (non-hydrogen) atoms. The van der Waals surface area contributed by atoms with E-state index >= 15 is 0 Å². The molecule has 1 saturated carbocycles. The molecular weight excluding hydrogens is 342 g/mol. The summed E-state index contributed by atoms with van der Waals surface area (Å²) in [5.74, 6) is -0.0463. The van der Waals surface area contributed by atoms with Crippen molar-refractivity contribution < 1.29 is 13.2 Å². The molecule has 0 bridgehead atoms. The molecule has 1 aromatic carbocycles. The molecule has 1 atom stereocenters. The van der Waals surface area contributed by atoms with Gasteiger partial charge in [0.2, 0.25) is 5.91 Å². The number of carbonyl (C=O) groups is 1. The molecule has 0 unspecified atom stereocenters. The maximum Gasteiger partial charge on any atom is 0.261 e. The van der Waals surface area contributed by atoms with Crippen molar-refractivity contribution in [1.29, 1.82) is 0 Å². The zero-order valence-electron chi connectivity index (χ0n) is 13.7. The van der Waals surface area contributed by atoms with Gasteiger partial charge in [-0.2, -0.15) is 0 Å². The lowest BCUT2D eigenvalue weighted by Gasteiger charge is -2.28. The Morgan fingerprint density at radius 1 is 1.20 bits per heavy atom. The number of fused-ring (bicyclic) bond motifs is 1. The van der Waals surface area contributed by atoms with Crippen molar-refractivity contribution in [2.75, 3.05) is 11.5 Å². The lowest BCUT2D eigenvalue weighted by atomic mass is 10.2. The summed E-state index contributed by atoms with van der Waals surface area (Å²) in [6.07, 6.45) is 3.66. The molecule has 7 nitrogen and oxygen atoms in total. The Kier molecular flexibility index (Phi) is 3.87. The third kappa shape index (κ3) is 3.18. The third-order valence-corrected chi connectivity index (χ3v) is 6.62. The highest BCUT2D eigenvalue weighted by molar-refractivity contribution is 7.91. The summed E-state index contributed by atoms with van der Waals surface area (Å²) in [6, 6.07) is 6.84. The van der Waals surface area contributed by atoms with E-state index in [1.165, 1.54) is 10.9 Å². The summed E-state index contributed by atoms with van der Waals surface area (Å²) < 4.78 is 24.8. The van der Waals surface area contributed by atoms with Crippen molar-refractivity contribution in [3.8, 4) is 0 Å². The van der Waals surface area contributed by atoms with Crippen molar-refractivity contribution in [2.45, 2.75) is 37.9 Å². The van der Waals surface area contributed by atoms with Crippen molar-refractivity contribution in [2.24, 2.45) is 0 Å². The number of hydrogen-bond donors (Lipinski definition) is 0. The van der Waals surface area contributed by atoms with Crippen molar-refractivity contribution >= 4 is 26.6 Å². The number of para-hydroxylation sites is 1. The summed E-state index contributed by atoms with van der Waals surface area (Å²) in [5.41, 5.74) is 0.339. The van der Waals surface area contributed by atoms with Crippen LogP contribution in [0.4, 0.5) is 0 Å². The van der Waals surface area contributed by atoms with E-state index in [1.54, 1.807) is 29.2 Å². The van der Waals surface area contributed by atoms with Gasteiger partial charge in [-0.25, -0.2) is 13.4 Å². The zero-order chi connectivity index (χ0) is 17.6. The van der Waals surface area contributed by atoms with Crippen LogP contribution in [0.3, 0.4) is 0 Å². The van der Waals surface area contributed by atoms with Crippen LogP contribution in [-0.4, -0.2) is 52.4 Å². The first kappa shape index (κ1) is 16.3. The van der Waals surface area contributed by atoms with Crippen LogP contribution < -0.4 is 5.56 Å². The minimum absolute atomic E-state index is 0.0279. The highest BCUT2D eigenvalue weighted by Gasteiger charge is 2.42. The van der Waals surface area contributed by atoms with E-state index in [0.717, 1.165) is 12.8 Å². The van der Waals surface area contributed by atoms with Crippen molar-refractivity contribution in [1.82, 2.24) is 14.5 Å². The second-order valence-electron chi connectivity index (χ2n) is 6.78. The average molecular weight is 361 g/mol. The fourth-order valence-electron chi connectivity index (χ4n) is 3.50. The van der Waals surface area contributed by atoms with E-state index < -0.39 is 9.84 Å². The normalized spacial score (nSPS) is 22.2. The molecular formula is C17H19N3O4S. The zero-order valence-corrected chi connectivity index (χ0v) is 14.5. The molecule has 2 aliphatic rings. The van der Waals surface area contributed by atoms with E-state index in [-0.39, 0.29) is 41.6 Å². The van der Waals surface area contributed by atoms with Gasteiger partial charge in [0.1, 0.15) is 6.54 Å². The van der Waals surface area contributed by atoms with Gasteiger partial charge >= 0.3 is 0 Å². The highest BCUT2D eigenvalue weighted by atomic mass is 32.2. The molecule has 1 aliphatic heterocycles. The minimum atomic E-state index is -3.06. The molecule has 0 radical (unpaired) electrons. The Labute approximate surface area is 145 Å². The van der Waals surface area contributed by atoms with Gasteiger partial charge in [-0.3, -0.25) is 14.2 Å². The molecule has 8 heteroatoms. The fourth-order valence-corrected chi connectivity index (χ4v) is 5.21. The number of hydrogen-bond acceptors (Lipinski definition) is 5. The predicted molar refractivity (Wildman–Crippen MR) is 92.9 cm³/mol. The van der Waals surface area contributed by atoms with E-state index in [0.29, 0.717) is 17.3 Å². The number of amides is 1. The largest absolute Gasteiger partial charge is 0.334 e. The van der Waals surface area contributed by atoms with Gasteiger partial charge < -0.3 is 4.90 Å². The smallest absolute Gasteiger partial charge is 0.261 e. The number of aromatic nitrogens is 2. The first-order chi connectivity index (χ1) is 11.9. The van der Waals surface area contributed by atoms with Gasteiger partial charge in [-0.05, 0) is 31.4 Å². The molecule has 2 fully saturated rings. The Balaban J connectivity index is 1.60. The van der Waals surface area contributed by atoms with Crippen LogP contribution in [0.1, 0.15) is 19.3 Å². The number of benzene rings is 1. The molecule has 0 spiro atoms. The number of nitrogens with zero attached hydrogens (tertiary/aromatic N) is 3. The van der Waals surface area contributed by atoms with Crippen LogP contribution in [-0.2, 0) is 21.2 Å². The number of rotatable bonds is 4. The summed E-state index contributed by atoms with van der Waals surface area (Å²) in [4.78, 5) is 31.3. The average Bonchev–Trinajstić information content (AvgIpc) is 3.34. The molecule has 2 aromatic rings. The van der Waals surface area contributed by atoms with Gasteiger partial charge in [0.05, 0.1) is 28.7 Å². The highest BCUT2D eigenvalue weighted by Crippen LogP contribution is 2.32. The van der Waals surface area contributed by atoms with E-state index in [4.69, 9.17) is 0 Å². The van der Waals surface area contributed by atoms with E-state index in [9.17, 15) is 18.0 Å². The monoisotopic (exact) mass is 361 g/mol. The summed E-state index contributed by atoms with van der Waals surface area (Å²) in [5, 5.41) is 0.471. The van der Waals surface area contributed by atoms with Gasteiger partial charge in [-0.1, -0.05) is 12.1 Å². The second kappa shape index (κ2) is 5.94. The Morgan fingerprint density at radius 2 is 1.96 bits per heavy atom. The van der Waals surface area contributed by atoms with Gasteiger partial charge in [-0.15, -0.1) is 0 Å². The summed E-state index contributed by atoms with van der Waals surface area (Å²) >= 11 is 0. The fraction of sp³-hybridized carbons (Fsp3) is 0.471. The maximum atomic E-state index is 12.8. The predicted octanol–water partition coefficient (Wildman–Crippen LogP) is 0.575. The first-order valence-corrected chi connectivity index (χ1v) is 10.2. The topological polar surface area (TPSA) is 89.3 Å². The third-order valence-electron chi connectivity index (χ3n) is 4.87. The van der Waals surface area contributed by atoms with Crippen LogP contribution in [0.2, 0.25) is 0 Å². The molecule has 2 heterocycles.